The van der Waals surface area contributed by atoms with Crippen LogP contribution in [0.15, 0.2) is 23.2 Å². The molecule has 0 aliphatic carbocycles. The van der Waals surface area contributed by atoms with Crippen molar-refractivity contribution < 1.29 is 9.47 Å². The van der Waals surface area contributed by atoms with Gasteiger partial charge in [-0.3, -0.25) is 0 Å². The Bertz CT molecular complexity index is 492. The Morgan fingerprint density at radius 2 is 2.10 bits per heavy atom. The van der Waals surface area contributed by atoms with E-state index in [4.69, 9.17) is 15.9 Å². The number of hydrogen-bond acceptors (Lipinski definition) is 3. The van der Waals surface area contributed by atoms with E-state index < -0.39 is 0 Å². The highest BCUT2D eigenvalue weighted by molar-refractivity contribution is 5.80. The number of hydrogen-bond donors (Lipinski definition) is 2. The van der Waals surface area contributed by atoms with Crippen molar-refractivity contribution in [1.82, 2.24) is 10.6 Å². The van der Waals surface area contributed by atoms with Crippen LogP contribution in [0.3, 0.4) is 0 Å². The average Bonchev–Trinajstić information content (AvgIpc) is 2.49. The normalized spacial score (nSPS) is 10.6. The zero-order valence-electron chi connectivity index (χ0n) is 12.2. The number of nitrogens with one attached hydrogen (secondary N) is 2. The molecule has 0 atom stereocenters. The van der Waals surface area contributed by atoms with E-state index in [-0.39, 0.29) is 0 Å². The average molecular weight is 275 g/mol. The number of guanidine groups is 1. The molecule has 0 spiro atoms. The van der Waals surface area contributed by atoms with Crippen molar-refractivity contribution in [2.75, 3.05) is 27.3 Å². The van der Waals surface area contributed by atoms with Crippen LogP contribution in [0.2, 0.25) is 0 Å². The van der Waals surface area contributed by atoms with Gasteiger partial charge < -0.3 is 20.1 Å². The molecule has 2 N–H and O–H groups in total. The Morgan fingerprint density at radius 1 is 1.30 bits per heavy atom. The smallest absolute Gasteiger partial charge is 0.192 e. The molecule has 0 aromatic heterocycles. The third-order valence-corrected chi connectivity index (χ3v) is 2.59. The minimum atomic E-state index is 0.432. The van der Waals surface area contributed by atoms with Gasteiger partial charge in [0.2, 0.25) is 0 Å². The molecule has 0 fully saturated rings. The van der Waals surface area contributed by atoms with Crippen molar-refractivity contribution in [3.05, 3.63) is 23.8 Å². The van der Waals surface area contributed by atoms with E-state index in [2.05, 4.69) is 21.5 Å². The molecule has 0 bridgehead atoms. The molecule has 0 saturated carbocycles. The first-order chi connectivity index (χ1) is 9.76. The van der Waals surface area contributed by atoms with Crippen LogP contribution < -0.4 is 20.1 Å². The first-order valence-electron chi connectivity index (χ1n) is 6.42. The van der Waals surface area contributed by atoms with Gasteiger partial charge >= 0.3 is 0 Å². The molecule has 5 heteroatoms. The summed E-state index contributed by atoms with van der Waals surface area (Å²) in [4.78, 5) is 4.47. The van der Waals surface area contributed by atoms with Crippen LogP contribution in [0.5, 0.6) is 11.5 Å². The summed E-state index contributed by atoms with van der Waals surface area (Å²) in [5.74, 6) is 4.59. The predicted octanol–water partition coefficient (Wildman–Crippen LogP) is 1.39. The van der Waals surface area contributed by atoms with Gasteiger partial charge in [-0.1, -0.05) is 18.1 Å². The lowest BCUT2D eigenvalue weighted by Crippen LogP contribution is -2.37. The molecule has 20 heavy (non-hydrogen) atoms. The largest absolute Gasteiger partial charge is 0.493 e. The minimum Gasteiger partial charge on any atom is -0.493 e. The fraction of sp³-hybridized carbons (Fsp3) is 0.400. The van der Waals surface area contributed by atoms with E-state index >= 15 is 0 Å². The Hall–Kier alpha value is -2.35. The monoisotopic (exact) mass is 275 g/mol. The van der Waals surface area contributed by atoms with E-state index in [9.17, 15) is 0 Å². The van der Waals surface area contributed by atoms with E-state index in [0.717, 1.165) is 12.1 Å². The maximum atomic E-state index is 5.37. The van der Waals surface area contributed by atoms with Crippen LogP contribution in [0.1, 0.15) is 12.5 Å². The van der Waals surface area contributed by atoms with Gasteiger partial charge in [0.05, 0.1) is 27.3 Å². The van der Waals surface area contributed by atoms with Crippen LogP contribution >= 0.6 is 0 Å². The number of benzene rings is 1. The second-order valence-electron chi connectivity index (χ2n) is 3.91. The second kappa shape index (κ2) is 8.70. The van der Waals surface area contributed by atoms with Crippen LogP contribution in [0, 0.1) is 12.3 Å². The Balaban J connectivity index is 2.88. The highest BCUT2D eigenvalue weighted by Crippen LogP contribution is 2.30. The summed E-state index contributed by atoms with van der Waals surface area (Å²) in [5, 5.41) is 6.16. The molecule has 108 valence electrons. The maximum Gasteiger partial charge on any atom is 0.192 e. The van der Waals surface area contributed by atoms with Crippen molar-refractivity contribution in [2.45, 2.75) is 13.5 Å². The first-order valence-corrected chi connectivity index (χ1v) is 6.42. The van der Waals surface area contributed by atoms with Crippen molar-refractivity contribution in [3.63, 3.8) is 0 Å². The number of ether oxygens (including phenoxy) is 2. The van der Waals surface area contributed by atoms with E-state index in [0.29, 0.717) is 30.5 Å². The summed E-state index contributed by atoms with van der Waals surface area (Å²) >= 11 is 0. The summed E-state index contributed by atoms with van der Waals surface area (Å²) in [5.41, 5.74) is 0.949. The standard InChI is InChI=1S/C15H21N3O2/c1-5-10-17-15(16-6-2)18-11-12-8-7-9-13(19-3)14(12)20-4/h1,7-9H,6,10-11H2,2-4H3,(H2,16,17,18). The molecule has 0 radical (unpaired) electrons. The number of nitrogens with zero attached hydrogens (tertiary/aromatic N) is 1. The predicted molar refractivity (Wildman–Crippen MR) is 81.2 cm³/mol. The lowest BCUT2D eigenvalue weighted by molar-refractivity contribution is 0.352. The molecule has 0 aliphatic rings. The second-order valence-corrected chi connectivity index (χ2v) is 3.91. The number of aliphatic imine (C=N–C) groups is 1. The molecule has 0 amide bonds. The highest BCUT2D eigenvalue weighted by Gasteiger charge is 2.08. The topological polar surface area (TPSA) is 54.9 Å². The van der Waals surface area contributed by atoms with Gasteiger partial charge in [0.25, 0.3) is 0 Å². The van der Waals surface area contributed by atoms with Crippen molar-refractivity contribution in [3.8, 4) is 23.8 Å². The van der Waals surface area contributed by atoms with Gasteiger partial charge in [0.15, 0.2) is 17.5 Å². The molecular formula is C15H21N3O2. The Morgan fingerprint density at radius 3 is 2.70 bits per heavy atom. The van der Waals surface area contributed by atoms with Gasteiger partial charge in [0.1, 0.15) is 0 Å². The first kappa shape index (κ1) is 15.7. The zero-order valence-corrected chi connectivity index (χ0v) is 12.2. The van der Waals surface area contributed by atoms with Gasteiger partial charge in [-0.15, -0.1) is 6.42 Å². The van der Waals surface area contributed by atoms with Crippen molar-refractivity contribution in [2.24, 2.45) is 4.99 Å². The lowest BCUT2D eigenvalue weighted by Gasteiger charge is -2.12. The molecule has 1 aromatic carbocycles. The van der Waals surface area contributed by atoms with Crippen LogP contribution in [-0.2, 0) is 6.54 Å². The van der Waals surface area contributed by atoms with E-state index in [1.807, 2.05) is 25.1 Å². The number of rotatable bonds is 6. The SMILES string of the molecule is C#CCNC(=NCc1cccc(OC)c1OC)NCC. The Labute approximate surface area is 120 Å². The van der Waals surface area contributed by atoms with Crippen molar-refractivity contribution in [1.29, 1.82) is 0 Å². The molecule has 1 aromatic rings. The summed E-state index contributed by atoms with van der Waals surface area (Å²) in [6.07, 6.45) is 5.23. The van der Waals surface area contributed by atoms with Crippen LogP contribution in [0.4, 0.5) is 0 Å². The number of para-hydroxylation sites is 1. The molecule has 0 saturated heterocycles. The minimum absolute atomic E-state index is 0.432. The zero-order chi connectivity index (χ0) is 14.8. The molecule has 5 nitrogen and oxygen atoms in total. The third kappa shape index (κ3) is 4.39. The molecule has 0 unspecified atom stereocenters. The van der Waals surface area contributed by atoms with Crippen molar-refractivity contribution >= 4 is 5.96 Å². The summed E-state index contributed by atoms with van der Waals surface area (Å²) in [6, 6.07) is 5.72. The maximum absolute atomic E-state index is 5.37. The molecule has 0 aliphatic heterocycles. The van der Waals surface area contributed by atoms with Crippen LogP contribution in [0.25, 0.3) is 0 Å². The highest BCUT2D eigenvalue weighted by atomic mass is 16.5. The Kier molecular flexibility index (Phi) is 6.83. The van der Waals surface area contributed by atoms with E-state index in [1.54, 1.807) is 14.2 Å². The number of methoxy groups -OCH3 is 2. The van der Waals surface area contributed by atoms with Gasteiger partial charge in [-0.05, 0) is 13.0 Å². The number of terminal acetylenes is 1. The summed E-state index contributed by atoms with van der Waals surface area (Å²) in [7, 11) is 3.23. The fourth-order valence-electron chi connectivity index (χ4n) is 1.72. The molecule has 1 rings (SSSR count). The van der Waals surface area contributed by atoms with Gasteiger partial charge in [0, 0.05) is 12.1 Å². The summed E-state index contributed by atoms with van der Waals surface area (Å²) < 4.78 is 10.6. The fourth-order valence-corrected chi connectivity index (χ4v) is 1.72. The lowest BCUT2D eigenvalue weighted by atomic mass is 10.2. The summed E-state index contributed by atoms with van der Waals surface area (Å²) in [6.45, 7) is 3.67. The van der Waals surface area contributed by atoms with Gasteiger partial charge in [-0.2, -0.15) is 0 Å². The van der Waals surface area contributed by atoms with Crippen LogP contribution in [-0.4, -0.2) is 33.3 Å². The molecule has 0 heterocycles. The third-order valence-electron chi connectivity index (χ3n) is 2.59. The van der Waals surface area contributed by atoms with E-state index in [1.165, 1.54) is 0 Å². The molecular weight excluding hydrogens is 254 g/mol. The van der Waals surface area contributed by atoms with Gasteiger partial charge in [-0.25, -0.2) is 4.99 Å². The quantitative estimate of drug-likeness (QED) is 0.468.